The Morgan fingerprint density at radius 1 is 1.14 bits per heavy atom. The normalized spacial score (nSPS) is 14.5. The average molecular weight is 320 g/mol. The average Bonchev–Trinajstić information content (AvgIpc) is 2.49. The zero-order valence-corrected chi connectivity index (χ0v) is 13.0. The number of halogens is 1. The van der Waals surface area contributed by atoms with Crippen LogP contribution in [-0.2, 0) is 23.0 Å². The molecule has 4 nitrogen and oxygen atoms in total. The Kier molecular flexibility index (Phi) is 3.88. The van der Waals surface area contributed by atoms with Gasteiger partial charge in [0.1, 0.15) is 10.7 Å². The van der Waals surface area contributed by atoms with Gasteiger partial charge in [-0.05, 0) is 60.8 Å². The Hall–Kier alpha value is -1.92. The Bertz CT molecular complexity index is 819. The number of nitrogens with one attached hydrogen (secondary N) is 2. The zero-order chi connectivity index (χ0) is 15.7. The monoisotopic (exact) mass is 320 g/mol. The van der Waals surface area contributed by atoms with Crippen molar-refractivity contribution in [3.05, 3.63) is 58.9 Å². The summed E-state index contributed by atoms with van der Waals surface area (Å²) < 4.78 is 41.0. The van der Waals surface area contributed by atoms with Crippen LogP contribution in [0.5, 0.6) is 0 Å². The van der Waals surface area contributed by atoms with Gasteiger partial charge in [0.2, 0.25) is 0 Å². The zero-order valence-electron chi connectivity index (χ0n) is 12.2. The van der Waals surface area contributed by atoms with Crippen molar-refractivity contribution in [1.29, 1.82) is 0 Å². The van der Waals surface area contributed by atoms with Gasteiger partial charge in [0, 0.05) is 12.2 Å². The SMILES string of the molecule is Cc1ccc(F)c(S(=O)(=O)Nc2ccc3c(c2)CCNC3)c1. The van der Waals surface area contributed by atoms with Crippen molar-refractivity contribution < 1.29 is 12.8 Å². The first-order valence-electron chi connectivity index (χ1n) is 7.07. The maximum absolute atomic E-state index is 13.8. The van der Waals surface area contributed by atoms with Gasteiger partial charge in [-0.3, -0.25) is 4.72 Å². The molecule has 116 valence electrons. The first-order valence-corrected chi connectivity index (χ1v) is 8.55. The van der Waals surface area contributed by atoms with Crippen LogP contribution in [0.4, 0.5) is 10.1 Å². The molecule has 2 aromatic carbocycles. The van der Waals surface area contributed by atoms with E-state index in [1.165, 1.54) is 12.1 Å². The lowest BCUT2D eigenvalue weighted by Gasteiger charge is -2.18. The number of anilines is 1. The van der Waals surface area contributed by atoms with Crippen LogP contribution >= 0.6 is 0 Å². The molecular formula is C16H17FN2O2S. The molecular weight excluding hydrogens is 303 g/mol. The predicted octanol–water partition coefficient (Wildman–Crippen LogP) is 2.58. The van der Waals surface area contributed by atoms with Crippen molar-refractivity contribution in [3.63, 3.8) is 0 Å². The van der Waals surface area contributed by atoms with E-state index in [0.717, 1.165) is 30.6 Å². The lowest BCUT2D eigenvalue weighted by atomic mass is 10.0. The summed E-state index contributed by atoms with van der Waals surface area (Å²) in [7, 11) is -3.93. The van der Waals surface area contributed by atoms with Crippen molar-refractivity contribution in [2.75, 3.05) is 11.3 Å². The Morgan fingerprint density at radius 3 is 2.77 bits per heavy atom. The van der Waals surface area contributed by atoms with Crippen LogP contribution in [-0.4, -0.2) is 15.0 Å². The second-order valence-corrected chi connectivity index (χ2v) is 7.10. The smallest absolute Gasteiger partial charge is 0.264 e. The molecule has 2 N–H and O–H groups in total. The summed E-state index contributed by atoms with van der Waals surface area (Å²) in [5.74, 6) is -0.750. The van der Waals surface area contributed by atoms with E-state index in [1.54, 1.807) is 19.1 Å². The van der Waals surface area contributed by atoms with Gasteiger partial charge in [-0.2, -0.15) is 0 Å². The van der Waals surface area contributed by atoms with E-state index in [4.69, 9.17) is 0 Å². The molecule has 6 heteroatoms. The topological polar surface area (TPSA) is 58.2 Å². The van der Waals surface area contributed by atoms with Gasteiger partial charge in [0.05, 0.1) is 0 Å². The number of sulfonamides is 1. The van der Waals surface area contributed by atoms with Gasteiger partial charge in [-0.25, -0.2) is 12.8 Å². The molecule has 3 rings (SSSR count). The summed E-state index contributed by atoms with van der Waals surface area (Å²) in [6.45, 7) is 3.38. The Labute approximate surface area is 129 Å². The highest BCUT2D eigenvalue weighted by molar-refractivity contribution is 7.92. The maximum Gasteiger partial charge on any atom is 0.264 e. The second kappa shape index (κ2) is 5.70. The first kappa shape index (κ1) is 15.0. The second-order valence-electron chi connectivity index (χ2n) is 5.45. The molecule has 0 amide bonds. The number of fused-ring (bicyclic) bond motifs is 1. The Balaban J connectivity index is 1.93. The van der Waals surface area contributed by atoms with E-state index in [9.17, 15) is 12.8 Å². The van der Waals surface area contributed by atoms with Gasteiger partial charge in [-0.1, -0.05) is 12.1 Å². The molecule has 1 aliphatic rings. The maximum atomic E-state index is 13.8. The molecule has 1 heterocycles. The van der Waals surface area contributed by atoms with E-state index < -0.39 is 15.8 Å². The van der Waals surface area contributed by atoms with E-state index in [1.807, 2.05) is 12.1 Å². The highest BCUT2D eigenvalue weighted by atomic mass is 32.2. The summed E-state index contributed by atoms with van der Waals surface area (Å²) in [6, 6.07) is 9.47. The quantitative estimate of drug-likeness (QED) is 0.914. The molecule has 0 saturated carbocycles. The third-order valence-electron chi connectivity index (χ3n) is 3.72. The fourth-order valence-corrected chi connectivity index (χ4v) is 3.78. The van der Waals surface area contributed by atoms with E-state index in [-0.39, 0.29) is 4.90 Å². The number of benzene rings is 2. The highest BCUT2D eigenvalue weighted by Gasteiger charge is 2.20. The summed E-state index contributed by atoms with van der Waals surface area (Å²) in [6.07, 6.45) is 0.851. The van der Waals surface area contributed by atoms with Crippen molar-refractivity contribution in [3.8, 4) is 0 Å². The number of hydrogen-bond acceptors (Lipinski definition) is 3. The lowest BCUT2D eigenvalue weighted by molar-refractivity contribution is 0.570. The molecule has 0 spiro atoms. The predicted molar refractivity (Wildman–Crippen MR) is 83.8 cm³/mol. The minimum atomic E-state index is -3.93. The van der Waals surface area contributed by atoms with Gasteiger partial charge < -0.3 is 5.32 Å². The first-order chi connectivity index (χ1) is 10.5. The number of hydrogen-bond donors (Lipinski definition) is 2. The molecule has 0 atom stereocenters. The molecule has 0 aromatic heterocycles. The summed E-state index contributed by atoms with van der Waals surface area (Å²) >= 11 is 0. The van der Waals surface area contributed by atoms with Crippen molar-refractivity contribution in [2.24, 2.45) is 0 Å². The fourth-order valence-electron chi connectivity index (χ4n) is 2.57. The molecule has 0 fully saturated rings. The minimum absolute atomic E-state index is 0.327. The molecule has 0 bridgehead atoms. The van der Waals surface area contributed by atoms with Crippen molar-refractivity contribution >= 4 is 15.7 Å². The van der Waals surface area contributed by atoms with E-state index >= 15 is 0 Å². The summed E-state index contributed by atoms with van der Waals surface area (Å²) in [5, 5.41) is 3.26. The minimum Gasteiger partial charge on any atom is -0.312 e. The number of rotatable bonds is 3. The van der Waals surface area contributed by atoms with E-state index in [2.05, 4.69) is 10.0 Å². The number of aryl methyl sites for hydroxylation is 1. The molecule has 0 saturated heterocycles. The van der Waals surface area contributed by atoms with Gasteiger partial charge in [0.15, 0.2) is 0 Å². The van der Waals surface area contributed by atoms with Crippen LogP contribution in [0.3, 0.4) is 0 Å². The molecule has 0 aliphatic carbocycles. The third-order valence-corrected chi connectivity index (χ3v) is 5.12. The van der Waals surface area contributed by atoms with Crippen LogP contribution < -0.4 is 10.0 Å². The highest BCUT2D eigenvalue weighted by Crippen LogP contribution is 2.23. The van der Waals surface area contributed by atoms with Gasteiger partial charge >= 0.3 is 0 Å². The fraction of sp³-hybridized carbons (Fsp3) is 0.250. The van der Waals surface area contributed by atoms with Crippen LogP contribution in [0.2, 0.25) is 0 Å². The Morgan fingerprint density at radius 2 is 1.95 bits per heavy atom. The molecule has 0 radical (unpaired) electrons. The van der Waals surface area contributed by atoms with E-state index in [0.29, 0.717) is 11.3 Å². The van der Waals surface area contributed by atoms with Crippen molar-refractivity contribution in [2.45, 2.75) is 24.8 Å². The standard InChI is InChI=1S/C16H17FN2O2S/c1-11-2-5-15(17)16(8-11)22(20,21)19-14-4-3-13-10-18-7-6-12(13)9-14/h2-5,8-9,18-19H,6-7,10H2,1H3. The third kappa shape index (κ3) is 2.98. The largest absolute Gasteiger partial charge is 0.312 e. The molecule has 1 aliphatic heterocycles. The van der Waals surface area contributed by atoms with Crippen molar-refractivity contribution in [1.82, 2.24) is 5.32 Å². The summed E-state index contributed by atoms with van der Waals surface area (Å²) in [4.78, 5) is -0.327. The van der Waals surface area contributed by atoms with Gasteiger partial charge in [0.25, 0.3) is 10.0 Å². The van der Waals surface area contributed by atoms with Crippen LogP contribution in [0.25, 0.3) is 0 Å². The van der Waals surface area contributed by atoms with Crippen LogP contribution in [0.15, 0.2) is 41.3 Å². The summed E-state index contributed by atoms with van der Waals surface area (Å²) in [5.41, 5.74) is 3.43. The lowest BCUT2D eigenvalue weighted by Crippen LogP contribution is -2.23. The van der Waals surface area contributed by atoms with Gasteiger partial charge in [-0.15, -0.1) is 0 Å². The molecule has 0 unspecified atom stereocenters. The molecule has 22 heavy (non-hydrogen) atoms. The molecule has 2 aromatic rings. The van der Waals surface area contributed by atoms with Crippen LogP contribution in [0, 0.1) is 12.7 Å². The van der Waals surface area contributed by atoms with Crippen LogP contribution in [0.1, 0.15) is 16.7 Å².